The maximum atomic E-state index is 6.07. The molecule has 1 aromatic rings. The monoisotopic (exact) mass is 241 g/mol. The van der Waals surface area contributed by atoms with E-state index < -0.39 is 0 Å². The van der Waals surface area contributed by atoms with E-state index in [4.69, 9.17) is 5.73 Å². The summed E-state index contributed by atoms with van der Waals surface area (Å²) < 4.78 is 2.02. The topological polar surface area (TPSA) is 43.8 Å². The van der Waals surface area contributed by atoms with Crippen LogP contribution in [0.1, 0.15) is 39.2 Å². The van der Waals surface area contributed by atoms with Gasteiger partial charge < -0.3 is 10.3 Å². The molecule has 0 atom stereocenters. The summed E-state index contributed by atoms with van der Waals surface area (Å²) in [7, 11) is 2.00. The Morgan fingerprint density at radius 3 is 2.44 bits per heavy atom. The van der Waals surface area contributed by atoms with Crippen LogP contribution < -0.4 is 5.73 Å². The Labute approximate surface area is 103 Å². The number of anilines is 1. The van der Waals surface area contributed by atoms with E-state index >= 15 is 0 Å². The van der Waals surface area contributed by atoms with Crippen LogP contribution in [0.25, 0.3) is 0 Å². The number of nitrogens with zero attached hydrogens (tertiary/aromatic N) is 2. The molecule has 0 unspecified atom stereocenters. The molecule has 0 aromatic carbocycles. The van der Waals surface area contributed by atoms with Crippen molar-refractivity contribution in [2.45, 2.75) is 39.5 Å². The van der Waals surface area contributed by atoms with Crippen molar-refractivity contribution < 1.29 is 0 Å². The normalized spacial score (nSPS) is 12.1. The molecule has 0 aliphatic rings. The van der Waals surface area contributed by atoms with E-state index in [1.54, 1.807) is 0 Å². The zero-order valence-corrected chi connectivity index (χ0v) is 11.8. The summed E-state index contributed by atoms with van der Waals surface area (Å²) in [5, 5.41) is 0. The van der Waals surface area contributed by atoms with Gasteiger partial charge in [0, 0.05) is 18.9 Å². The minimum Gasteiger partial charge on any atom is -0.384 e. The minimum atomic E-state index is 0.0546. The van der Waals surface area contributed by atoms with Crippen LogP contribution in [0.3, 0.4) is 0 Å². The Morgan fingerprint density at radius 1 is 1.38 bits per heavy atom. The Morgan fingerprint density at radius 2 is 2.00 bits per heavy atom. The van der Waals surface area contributed by atoms with Crippen molar-refractivity contribution in [3.05, 3.63) is 11.5 Å². The van der Waals surface area contributed by atoms with Crippen molar-refractivity contribution in [1.29, 1.82) is 0 Å². The third-order valence-corrected chi connectivity index (χ3v) is 3.47. The zero-order valence-electron chi connectivity index (χ0n) is 11.0. The van der Waals surface area contributed by atoms with E-state index in [1.807, 2.05) is 23.4 Å². The molecule has 0 bridgehead atoms. The van der Waals surface area contributed by atoms with Crippen LogP contribution in [-0.2, 0) is 18.9 Å². The van der Waals surface area contributed by atoms with Crippen LogP contribution in [0.15, 0.2) is 0 Å². The van der Waals surface area contributed by atoms with Gasteiger partial charge in [0.15, 0.2) is 0 Å². The zero-order chi connectivity index (χ0) is 12.3. The van der Waals surface area contributed by atoms with E-state index in [1.165, 1.54) is 0 Å². The molecule has 2 N–H and O–H groups in total. The lowest BCUT2D eigenvalue weighted by Crippen LogP contribution is -2.17. The Hall–Kier alpha value is -0.640. The highest BCUT2D eigenvalue weighted by Crippen LogP contribution is 2.25. The van der Waals surface area contributed by atoms with Crippen molar-refractivity contribution in [2.75, 3.05) is 17.2 Å². The number of aromatic nitrogens is 2. The third-order valence-electron chi connectivity index (χ3n) is 2.57. The van der Waals surface area contributed by atoms with Gasteiger partial charge in [-0.3, -0.25) is 0 Å². The highest BCUT2D eigenvalue weighted by Gasteiger charge is 2.22. The van der Waals surface area contributed by atoms with E-state index in [-0.39, 0.29) is 5.41 Å². The van der Waals surface area contributed by atoms with Crippen molar-refractivity contribution >= 4 is 17.6 Å². The quantitative estimate of drug-likeness (QED) is 0.824. The van der Waals surface area contributed by atoms with Crippen LogP contribution in [0, 0.1) is 0 Å². The molecule has 0 aliphatic heterocycles. The second-order valence-corrected chi connectivity index (χ2v) is 6.42. The SMILES string of the molecule is CCSCCc1nc(C(C)(C)C)n(C)c1N. The summed E-state index contributed by atoms with van der Waals surface area (Å²) in [5.41, 5.74) is 7.18. The number of imidazole rings is 1. The molecule has 0 saturated heterocycles. The minimum absolute atomic E-state index is 0.0546. The largest absolute Gasteiger partial charge is 0.384 e. The molecule has 92 valence electrons. The van der Waals surface area contributed by atoms with Crippen molar-refractivity contribution in [3.8, 4) is 0 Å². The maximum Gasteiger partial charge on any atom is 0.126 e. The molecular formula is C12H23N3S. The number of nitrogens with two attached hydrogens (primary N) is 1. The number of rotatable bonds is 4. The lowest BCUT2D eigenvalue weighted by atomic mass is 9.96. The van der Waals surface area contributed by atoms with E-state index in [9.17, 15) is 0 Å². The molecule has 16 heavy (non-hydrogen) atoms. The highest BCUT2D eigenvalue weighted by atomic mass is 32.2. The molecule has 1 rings (SSSR count). The number of nitrogen functional groups attached to an aromatic ring is 1. The molecule has 1 heterocycles. The molecule has 0 amide bonds. The van der Waals surface area contributed by atoms with Gasteiger partial charge in [0.1, 0.15) is 11.6 Å². The van der Waals surface area contributed by atoms with Gasteiger partial charge in [-0.25, -0.2) is 4.98 Å². The highest BCUT2D eigenvalue weighted by molar-refractivity contribution is 7.99. The standard InChI is InChI=1S/C12H23N3S/c1-6-16-8-7-9-10(13)15(5)11(14-9)12(2,3)4/h6-8,13H2,1-5H3. The van der Waals surface area contributed by atoms with Crippen LogP contribution in [-0.4, -0.2) is 21.1 Å². The maximum absolute atomic E-state index is 6.07. The molecule has 0 saturated carbocycles. The summed E-state index contributed by atoms with van der Waals surface area (Å²) in [4.78, 5) is 4.68. The predicted molar refractivity (Wildman–Crippen MR) is 73.0 cm³/mol. The Balaban J connectivity index is 2.88. The summed E-state index contributed by atoms with van der Waals surface area (Å²) in [6.07, 6.45) is 0.967. The Bertz CT molecular complexity index is 350. The van der Waals surface area contributed by atoms with E-state index in [0.29, 0.717) is 0 Å². The lowest BCUT2D eigenvalue weighted by Gasteiger charge is -2.17. The summed E-state index contributed by atoms with van der Waals surface area (Å²) in [6, 6.07) is 0. The van der Waals surface area contributed by atoms with Gasteiger partial charge >= 0.3 is 0 Å². The van der Waals surface area contributed by atoms with Gasteiger partial charge in [-0.05, 0) is 11.5 Å². The molecule has 1 aromatic heterocycles. The van der Waals surface area contributed by atoms with Crippen molar-refractivity contribution in [3.63, 3.8) is 0 Å². The number of thioether (sulfide) groups is 1. The second kappa shape index (κ2) is 5.13. The van der Waals surface area contributed by atoms with Crippen molar-refractivity contribution in [2.24, 2.45) is 7.05 Å². The molecule has 0 spiro atoms. The van der Waals surface area contributed by atoms with Gasteiger partial charge in [0.2, 0.25) is 0 Å². The summed E-state index contributed by atoms with van der Waals surface area (Å²) in [6.45, 7) is 8.67. The predicted octanol–water partition coefficient (Wildman–Crippen LogP) is 2.60. The van der Waals surface area contributed by atoms with Crippen LogP contribution >= 0.6 is 11.8 Å². The first-order chi connectivity index (χ1) is 7.38. The van der Waals surface area contributed by atoms with Crippen molar-refractivity contribution in [1.82, 2.24) is 9.55 Å². The summed E-state index contributed by atoms with van der Waals surface area (Å²) >= 11 is 1.93. The second-order valence-electron chi connectivity index (χ2n) is 5.02. The molecule has 0 radical (unpaired) electrons. The van der Waals surface area contributed by atoms with Gasteiger partial charge in [0.25, 0.3) is 0 Å². The Kier molecular flexibility index (Phi) is 4.30. The van der Waals surface area contributed by atoms with Gasteiger partial charge in [-0.2, -0.15) is 11.8 Å². The fourth-order valence-corrected chi connectivity index (χ4v) is 2.36. The average Bonchev–Trinajstić information content (AvgIpc) is 2.45. The first-order valence-corrected chi connectivity index (χ1v) is 6.92. The first kappa shape index (κ1) is 13.4. The van der Waals surface area contributed by atoms with Crippen LogP contribution in [0.5, 0.6) is 0 Å². The number of hydrogen-bond acceptors (Lipinski definition) is 3. The molecule has 0 aliphatic carbocycles. The first-order valence-electron chi connectivity index (χ1n) is 5.77. The van der Waals surface area contributed by atoms with E-state index in [2.05, 4.69) is 32.7 Å². The number of aryl methyl sites for hydroxylation is 1. The number of hydrogen-bond donors (Lipinski definition) is 1. The molecule has 3 nitrogen and oxygen atoms in total. The van der Waals surface area contributed by atoms with Gasteiger partial charge in [0.05, 0.1) is 5.69 Å². The smallest absolute Gasteiger partial charge is 0.126 e. The van der Waals surface area contributed by atoms with Crippen LogP contribution in [0.2, 0.25) is 0 Å². The van der Waals surface area contributed by atoms with E-state index in [0.717, 1.165) is 35.3 Å². The summed E-state index contributed by atoms with van der Waals surface area (Å²) in [5.74, 6) is 4.14. The van der Waals surface area contributed by atoms with Crippen LogP contribution in [0.4, 0.5) is 5.82 Å². The van der Waals surface area contributed by atoms with Gasteiger partial charge in [-0.15, -0.1) is 0 Å². The fourth-order valence-electron chi connectivity index (χ4n) is 1.74. The fraction of sp³-hybridized carbons (Fsp3) is 0.750. The lowest BCUT2D eigenvalue weighted by molar-refractivity contribution is 0.523. The molecule has 4 heteroatoms. The third kappa shape index (κ3) is 2.94. The average molecular weight is 241 g/mol. The molecule has 0 fully saturated rings. The molecular weight excluding hydrogens is 218 g/mol. The van der Waals surface area contributed by atoms with Gasteiger partial charge in [-0.1, -0.05) is 27.7 Å².